The first kappa shape index (κ1) is 18.7. The number of aromatic nitrogens is 1. The van der Waals surface area contributed by atoms with Crippen LogP contribution in [0.4, 0.5) is 0 Å². The van der Waals surface area contributed by atoms with Crippen molar-refractivity contribution in [3.05, 3.63) is 29.6 Å². The fraction of sp³-hybridized carbons (Fsp3) is 0.588. The minimum absolute atomic E-state index is 0. The Morgan fingerprint density at radius 2 is 1.62 bits per heavy atom. The second kappa shape index (κ2) is 8.44. The van der Waals surface area contributed by atoms with Crippen LogP contribution in [-0.2, 0) is 0 Å². The molecule has 1 unspecified atom stereocenters. The molecular formula is C17H25ClN4O2. The molecule has 6 nitrogen and oxygen atoms in total. The molecule has 1 N–H and O–H groups in total. The average Bonchev–Trinajstić information content (AvgIpc) is 3.15. The number of hydrogen-bond acceptors (Lipinski definition) is 4. The standard InChI is InChI=1S/C17H24N4O2.ClH/c1-18-13-6-5-11-21(12-13)17(23)15-8-4-7-14(19-15)16(22)20-9-2-3-10-20;/h4,7-8,13,18H,2-3,5-6,9-12H2,1H3;1H. The lowest BCUT2D eigenvalue weighted by atomic mass is 10.1. The molecule has 2 aliphatic rings. The van der Waals surface area contributed by atoms with E-state index in [1.54, 1.807) is 18.2 Å². The first-order chi connectivity index (χ1) is 11.2. The lowest BCUT2D eigenvalue weighted by molar-refractivity contribution is 0.0691. The second-order valence-electron chi connectivity index (χ2n) is 6.29. The molecule has 0 saturated carbocycles. The Bertz CT molecular complexity index is 590. The molecule has 3 heterocycles. The van der Waals surface area contributed by atoms with Crippen molar-refractivity contribution in [1.82, 2.24) is 20.1 Å². The number of nitrogens with zero attached hydrogens (tertiary/aromatic N) is 3. The van der Waals surface area contributed by atoms with E-state index in [9.17, 15) is 9.59 Å². The van der Waals surface area contributed by atoms with Gasteiger partial charge in [0, 0.05) is 32.2 Å². The zero-order valence-electron chi connectivity index (χ0n) is 14.0. The van der Waals surface area contributed by atoms with Crippen LogP contribution < -0.4 is 5.32 Å². The van der Waals surface area contributed by atoms with Crippen LogP contribution in [0.1, 0.15) is 46.7 Å². The van der Waals surface area contributed by atoms with Gasteiger partial charge in [0.1, 0.15) is 11.4 Å². The number of carbonyl (C=O) groups excluding carboxylic acids is 2. The molecule has 1 atom stereocenters. The number of hydrogen-bond donors (Lipinski definition) is 1. The number of halogens is 1. The highest BCUT2D eigenvalue weighted by Gasteiger charge is 2.26. The molecule has 0 radical (unpaired) electrons. The van der Waals surface area contributed by atoms with Crippen molar-refractivity contribution < 1.29 is 9.59 Å². The van der Waals surface area contributed by atoms with Gasteiger partial charge in [0.2, 0.25) is 0 Å². The van der Waals surface area contributed by atoms with E-state index in [0.29, 0.717) is 24.0 Å². The average molecular weight is 353 g/mol. The number of piperidine rings is 1. The van der Waals surface area contributed by atoms with Crippen molar-refractivity contribution in [3.8, 4) is 0 Å². The smallest absolute Gasteiger partial charge is 0.272 e. The van der Waals surface area contributed by atoms with Gasteiger partial charge in [0.05, 0.1) is 0 Å². The molecule has 132 valence electrons. The SMILES string of the molecule is CNC1CCCN(C(=O)c2cccc(C(=O)N3CCCC3)n2)C1.Cl. The maximum atomic E-state index is 12.7. The third kappa shape index (κ3) is 4.05. The monoisotopic (exact) mass is 352 g/mol. The van der Waals surface area contributed by atoms with Crippen molar-refractivity contribution in [1.29, 1.82) is 0 Å². The van der Waals surface area contributed by atoms with E-state index in [4.69, 9.17) is 0 Å². The van der Waals surface area contributed by atoms with Crippen LogP contribution in [0.15, 0.2) is 18.2 Å². The zero-order valence-corrected chi connectivity index (χ0v) is 14.8. The summed E-state index contributed by atoms with van der Waals surface area (Å²) >= 11 is 0. The van der Waals surface area contributed by atoms with Crippen LogP contribution in [0.2, 0.25) is 0 Å². The molecular weight excluding hydrogens is 328 g/mol. The molecule has 3 rings (SSSR count). The Morgan fingerprint density at radius 3 is 2.25 bits per heavy atom. The molecule has 0 spiro atoms. The first-order valence-corrected chi connectivity index (χ1v) is 8.42. The molecule has 24 heavy (non-hydrogen) atoms. The predicted molar refractivity (Wildman–Crippen MR) is 94.6 cm³/mol. The number of rotatable bonds is 3. The van der Waals surface area contributed by atoms with Gasteiger partial charge in [-0.3, -0.25) is 9.59 Å². The van der Waals surface area contributed by atoms with Gasteiger partial charge in [0.25, 0.3) is 11.8 Å². The van der Waals surface area contributed by atoms with E-state index in [0.717, 1.165) is 45.3 Å². The van der Waals surface area contributed by atoms with Crippen molar-refractivity contribution >= 4 is 24.2 Å². The molecule has 7 heteroatoms. The third-order valence-corrected chi connectivity index (χ3v) is 4.70. The minimum Gasteiger partial charge on any atom is -0.337 e. The summed E-state index contributed by atoms with van der Waals surface area (Å²) in [7, 11) is 1.92. The van der Waals surface area contributed by atoms with E-state index in [1.165, 1.54) is 0 Å². The second-order valence-corrected chi connectivity index (χ2v) is 6.29. The van der Waals surface area contributed by atoms with E-state index in [2.05, 4.69) is 10.3 Å². The molecule has 0 aromatic carbocycles. The molecule has 0 aliphatic carbocycles. The highest BCUT2D eigenvalue weighted by atomic mass is 35.5. The summed E-state index contributed by atoms with van der Waals surface area (Å²) in [5.41, 5.74) is 0.742. The van der Waals surface area contributed by atoms with Gasteiger partial charge in [0.15, 0.2) is 0 Å². The Labute approximate surface area is 149 Å². The molecule has 2 amide bonds. The van der Waals surface area contributed by atoms with Crippen LogP contribution in [-0.4, -0.2) is 65.9 Å². The zero-order chi connectivity index (χ0) is 16.2. The first-order valence-electron chi connectivity index (χ1n) is 8.42. The topological polar surface area (TPSA) is 65.5 Å². The fourth-order valence-electron chi connectivity index (χ4n) is 3.31. The Balaban J connectivity index is 0.00000208. The van der Waals surface area contributed by atoms with Gasteiger partial charge in [-0.15, -0.1) is 12.4 Å². The number of nitrogens with one attached hydrogen (secondary N) is 1. The summed E-state index contributed by atoms with van der Waals surface area (Å²) in [6, 6.07) is 5.49. The predicted octanol–water partition coefficient (Wildman–Crippen LogP) is 1.56. The molecule has 2 fully saturated rings. The number of pyridine rings is 1. The molecule has 0 bridgehead atoms. The number of amides is 2. The largest absolute Gasteiger partial charge is 0.337 e. The van der Waals surface area contributed by atoms with Gasteiger partial charge >= 0.3 is 0 Å². The fourth-order valence-corrected chi connectivity index (χ4v) is 3.31. The Morgan fingerprint density at radius 1 is 1.04 bits per heavy atom. The normalized spacial score (nSPS) is 20.6. The van der Waals surface area contributed by atoms with Crippen LogP contribution in [0.25, 0.3) is 0 Å². The van der Waals surface area contributed by atoms with Crippen molar-refractivity contribution in [2.45, 2.75) is 31.7 Å². The van der Waals surface area contributed by atoms with E-state index in [-0.39, 0.29) is 24.2 Å². The summed E-state index contributed by atoms with van der Waals surface area (Å²) < 4.78 is 0. The quantitative estimate of drug-likeness (QED) is 0.896. The third-order valence-electron chi connectivity index (χ3n) is 4.70. The maximum absolute atomic E-state index is 12.7. The Kier molecular flexibility index (Phi) is 6.57. The maximum Gasteiger partial charge on any atom is 0.272 e. The van der Waals surface area contributed by atoms with E-state index in [1.807, 2.05) is 16.8 Å². The molecule has 2 aliphatic heterocycles. The van der Waals surface area contributed by atoms with E-state index >= 15 is 0 Å². The number of likely N-dealkylation sites (N-methyl/N-ethyl adjacent to an activating group) is 1. The Hall–Kier alpha value is -1.66. The van der Waals surface area contributed by atoms with Crippen molar-refractivity contribution in [2.75, 3.05) is 33.2 Å². The van der Waals surface area contributed by atoms with Crippen LogP contribution in [0, 0.1) is 0 Å². The molecule has 2 saturated heterocycles. The van der Waals surface area contributed by atoms with Crippen LogP contribution >= 0.6 is 12.4 Å². The van der Waals surface area contributed by atoms with Gasteiger partial charge in [-0.05, 0) is 44.9 Å². The lowest BCUT2D eigenvalue weighted by Crippen LogP contribution is -2.47. The highest BCUT2D eigenvalue weighted by molar-refractivity contribution is 5.96. The molecule has 1 aromatic heterocycles. The number of carbonyl (C=O) groups is 2. The minimum atomic E-state index is -0.0824. The lowest BCUT2D eigenvalue weighted by Gasteiger charge is -2.32. The van der Waals surface area contributed by atoms with Gasteiger partial charge in [-0.2, -0.15) is 0 Å². The number of likely N-dealkylation sites (tertiary alicyclic amines) is 2. The van der Waals surface area contributed by atoms with E-state index < -0.39 is 0 Å². The van der Waals surface area contributed by atoms with Gasteiger partial charge in [-0.1, -0.05) is 6.07 Å². The summed E-state index contributed by atoms with van der Waals surface area (Å²) in [6.45, 7) is 3.02. The summed E-state index contributed by atoms with van der Waals surface area (Å²) in [4.78, 5) is 33.1. The van der Waals surface area contributed by atoms with Gasteiger partial charge < -0.3 is 15.1 Å². The van der Waals surface area contributed by atoms with Crippen molar-refractivity contribution in [3.63, 3.8) is 0 Å². The molecule has 1 aromatic rings. The summed E-state index contributed by atoms with van der Waals surface area (Å²) in [6.07, 6.45) is 4.16. The highest BCUT2D eigenvalue weighted by Crippen LogP contribution is 2.15. The van der Waals surface area contributed by atoms with Gasteiger partial charge in [-0.25, -0.2) is 4.98 Å². The summed E-state index contributed by atoms with van der Waals surface area (Å²) in [5.74, 6) is -0.148. The summed E-state index contributed by atoms with van der Waals surface area (Å²) in [5, 5.41) is 3.23. The van der Waals surface area contributed by atoms with Crippen LogP contribution in [0.5, 0.6) is 0 Å². The van der Waals surface area contributed by atoms with Crippen molar-refractivity contribution in [2.24, 2.45) is 0 Å². The van der Waals surface area contributed by atoms with Crippen LogP contribution in [0.3, 0.4) is 0 Å².